The molecular formula is C9H8BrN3O2. The number of anilines is 1. The number of esters is 1. The van der Waals surface area contributed by atoms with E-state index >= 15 is 0 Å². The highest BCUT2D eigenvalue weighted by Crippen LogP contribution is 2.24. The van der Waals surface area contributed by atoms with Crippen molar-refractivity contribution in [1.29, 1.82) is 0 Å². The molecule has 1 heterocycles. The molecule has 1 aromatic heterocycles. The first kappa shape index (κ1) is 9.97. The lowest BCUT2D eigenvalue weighted by atomic mass is 10.2. The van der Waals surface area contributed by atoms with E-state index in [4.69, 9.17) is 5.73 Å². The number of methoxy groups -OCH3 is 1. The van der Waals surface area contributed by atoms with Crippen molar-refractivity contribution < 1.29 is 9.53 Å². The number of nitrogens with two attached hydrogens (primary N) is 1. The Labute approximate surface area is 93.8 Å². The van der Waals surface area contributed by atoms with E-state index in [0.29, 0.717) is 21.5 Å². The highest BCUT2D eigenvalue weighted by molar-refractivity contribution is 9.10. The van der Waals surface area contributed by atoms with Crippen LogP contribution in [0.2, 0.25) is 0 Å². The number of imidazole rings is 1. The van der Waals surface area contributed by atoms with Gasteiger partial charge in [-0.25, -0.2) is 9.78 Å². The molecule has 78 valence electrons. The molecule has 0 bridgehead atoms. The lowest BCUT2D eigenvalue weighted by Gasteiger charge is -2.01. The Hall–Kier alpha value is -1.56. The number of aromatic amines is 1. The van der Waals surface area contributed by atoms with Crippen LogP contribution in [0.4, 0.5) is 5.95 Å². The lowest BCUT2D eigenvalue weighted by Crippen LogP contribution is -2.02. The number of carbonyl (C=O) groups is 1. The second-order valence-electron chi connectivity index (χ2n) is 2.96. The molecule has 5 nitrogen and oxygen atoms in total. The Kier molecular flexibility index (Phi) is 2.36. The third-order valence-corrected chi connectivity index (χ3v) is 2.65. The molecule has 6 heteroatoms. The first-order chi connectivity index (χ1) is 7.11. The fraction of sp³-hybridized carbons (Fsp3) is 0.111. The zero-order valence-corrected chi connectivity index (χ0v) is 9.46. The van der Waals surface area contributed by atoms with Crippen molar-refractivity contribution in [3.8, 4) is 0 Å². The van der Waals surface area contributed by atoms with Crippen LogP contribution in [0.3, 0.4) is 0 Å². The summed E-state index contributed by atoms with van der Waals surface area (Å²) in [4.78, 5) is 18.3. The summed E-state index contributed by atoms with van der Waals surface area (Å²) in [5.74, 6) is -0.0933. The molecule has 0 saturated heterocycles. The molecule has 0 fully saturated rings. The highest BCUT2D eigenvalue weighted by Gasteiger charge is 2.13. The SMILES string of the molecule is COC(=O)c1cc2nc(N)[nH]c2cc1Br. The molecule has 15 heavy (non-hydrogen) atoms. The van der Waals surface area contributed by atoms with Gasteiger partial charge >= 0.3 is 5.97 Å². The molecule has 0 aliphatic rings. The van der Waals surface area contributed by atoms with E-state index in [9.17, 15) is 4.79 Å². The monoisotopic (exact) mass is 269 g/mol. The fourth-order valence-electron chi connectivity index (χ4n) is 1.32. The van der Waals surface area contributed by atoms with Crippen LogP contribution in [-0.4, -0.2) is 23.0 Å². The Morgan fingerprint density at radius 3 is 3.00 bits per heavy atom. The zero-order valence-electron chi connectivity index (χ0n) is 7.87. The molecule has 0 saturated carbocycles. The molecular weight excluding hydrogens is 262 g/mol. The van der Waals surface area contributed by atoms with Gasteiger partial charge in [-0.1, -0.05) is 0 Å². The van der Waals surface area contributed by atoms with Gasteiger partial charge in [0.05, 0.1) is 23.7 Å². The third-order valence-electron chi connectivity index (χ3n) is 1.99. The summed E-state index contributed by atoms with van der Waals surface area (Å²) < 4.78 is 5.28. The summed E-state index contributed by atoms with van der Waals surface area (Å²) in [7, 11) is 1.33. The second kappa shape index (κ2) is 3.54. The molecule has 2 rings (SSSR count). The predicted molar refractivity (Wildman–Crippen MR) is 59.5 cm³/mol. The molecule has 2 aromatic rings. The van der Waals surface area contributed by atoms with Crippen LogP contribution in [0.1, 0.15) is 10.4 Å². The van der Waals surface area contributed by atoms with Crippen molar-refractivity contribution in [3.63, 3.8) is 0 Å². The Morgan fingerprint density at radius 1 is 1.60 bits per heavy atom. The molecule has 0 aliphatic carbocycles. The Bertz CT molecular complexity index is 535. The zero-order chi connectivity index (χ0) is 11.0. The number of H-pyrrole nitrogens is 1. The standard InChI is InChI=1S/C9H8BrN3O2/c1-15-8(14)4-2-6-7(3-5(4)10)13-9(11)12-6/h2-3H,1H3,(H3,11,12,13). The summed E-state index contributed by atoms with van der Waals surface area (Å²) in [5, 5.41) is 0. The average molecular weight is 270 g/mol. The quantitative estimate of drug-likeness (QED) is 0.773. The van der Waals surface area contributed by atoms with Gasteiger partial charge in [0.1, 0.15) is 0 Å². The first-order valence-corrected chi connectivity index (χ1v) is 4.94. The molecule has 0 spiro atoms. The van der Waals surface area contributed by atoms with Crippen molar-refractivity contribution in [2.24, 2.45) is 0 Å². The number of ether oxygens (including phenoxy) is 1. The number of fused-ring (bicyclic) bond motifs is 1. The smallest absolute Gasteiger partial charge is 0.339 e. The highest BCUT2D eigenvalue weighted by atomic mass is 79.9. The van der Waals surface area contributed by atoms with E-state index in [1.54, 1.807) is 12.1 Å². The van der Waals surface area contributed by atoms with Gasteiger partial charge in [-0.05, 0) is 28.1 Å². The predicted octanol–water partition coefficient (Wildman–Crippen LogP) is 1.69. The van der Waals surface area contributed by atoms with Gasteiger partial charge in [0.15, 0.2) is 5.95 Å². The van der Waals surface area contributed by atoms with E-state index in [1.165, 1.54) is 7.11 Å². The van der Waals surface area contributed by atoms with Crippen LogP contribution < -0.4 is 5.73 Å². The average Bonchev–Trinajstić information content (AvgIpc) is 2.55. The number of nitrogens with zero attached hydrogens (tertiary/aromatic N) is 1. The van der Waals surface area contributed by atoms with Gasteiger partial charge in [-0.2, -0.15) is 0 Å². The van der Waals surface area contributed by atoms with Gasteiger partial charge in [0.25, 0.3) is 0 Å². The number of rotatable bonds is 1. The normalized spacial score (nSPS) is 10.5. The molecule has 0 radical (unpaired) electrons. The van der Waals surface area contributed by atoms with E-state index in [1.807, 2.05) is 0 Å². The molecule has 1 aromatic carbocycles. The van der Waals surface area contributed by atoms with Crippen LogP contribution in [-0.2, 0) is 4.74 Å². The fourth-order valence-corrected chi connectivity index (χ4v) is 1.82. The minimum absolute atomic E-state index is 0.318. The van der Waals surface area contributed by atoms with Gasteiger partial charge < -0.3 is 15.5 Å². The van der Waals surface area contributed by atoms with Crippen LogP contribution >= 0.6 is 15.9 Å². The van der Waals surface area contributed by atoms with Crippen molar-refractivity contribution >= 4 is 38.9 Å². The van der Waals surface area contributed by atoms with Crippen molar-refractivity contribution in [3.05, 3.63) is 22.2 Å². The lowest BCUT2D eigenvalue weighted by molar-refractivity contribution is 0.0600. The number of halogens is 1. The Morgan fingerprint density at radius 2 is 2.33 bits per heavy atom. The molecule has 3 N–H and O–H groups in total. The van der Waals surface area contributed by atoms with E-state index < -0.39 is 5.97 Å². The van der Waals surface area contributed by atoms with E-state index in [0.717, 1.165) is 5.52 Å². The van der Waals surface area contributed by atoms with E-state index in [-0.39, 0.29) is 0 Å². The largest absolute Gasteiger partial charge is 0.465 e. The van der Waals surface area contributed by atoms with Gasteiger partial charge in [-0.15, -0.1) is 0 Å². The number of benzene rings is 1. The number of aromatic nitrogens is 2. The Balaban J connectivity index is 2.66. The van der Waals surface area contributed by atoms with Crippen LogP contribution in [0, 0.1) is 0 Å². The van der Waals surface area contributed by atoms with Crippen molar-refractivity contribution in [2.45, 2.75) is 0 Å². The summed E-state index contributed by atoms with van der Waals surface area (Å²) in [6.07, 6.45) is 0. The third kappa shape index (κ3) is 1.68. The van der Waals surface area contributed by atoms with Crippen molar-refractivity contribution in [2.75, 3.05) is 12.8 Å². The minimum atomic E-state index is -0.412. The second-order valence-corrected chi connectivity index (χ2v) is 3.82. The summed E-state index contributed by atoms with van der Waals surface area (Å²) >= 11 is 3.28. The number of hydrogen-bond donors (Lipinski definition) is 2. The maximum absolute atomic E-state index is 11.4. The maximum Gasteiger partial charge on any atom is 0.339 e. The van der Waals surface area contributed by atoms with Gasteiger partial charge in [0, 0.05) is 4.47 Å². The molecule has 0 atom stereocenters. The maximum atomic E-state index is 11.4. The van der Waals surface area contributed by atoms with Crippen LogP contribution in [0.5, 0.6) is 0 Å². The van der Waals surface area contributed by atoms with Gasteiger partial charge in [0.2, 0.25) is 0 Å². The molecule has 0 unspecified atom stereocenters. The summed E-state index contributed by atoms with van der Waals surface area (Å²) in [6, 6.07) is 3.36. The summed E-state index contributed by atoms with van der Waals surface area (Å²) in [5.41, 5.74) is 7.33. The minimum Gasteiger partial charge on any atom is -0.465 e. The number of nitrogen functional groups attached to an aromatic ring is 1. The van der Waals surface area contributed by atoms with Crippen LogP contribution in [0.15, 0.2) is 16.6 Å². The number of carbonyl (C=O) groups excluding carboxylic acids is 1. The van der Waals surface area contributed by atoms with Crippen LogP contribution in [0.25, 0.3) is 11.0 Å². The van der Waals surface area contributed by atoms with Crippen molar-refractivity contribution in [1.82, 2.24) is 9.97 Å². The summed E-state index contributed by atoms with van der Waals surface area (Å²) in [6.45, 7) is 0. The topological polar surface area (TPSA) is 81.0 Å². The number of nitrogens with one attached hydrogen (secondary N) is 1. The van der Waals surface area contributed by atoms with Gasteiger partial charge in [-0.3, -0.25) is 0 Å². The molecule has 0 aliphatic heterocycles. The molecule has 0 amide bonds. The van der Waals surface area contributed by atoms with E-state index in [2.05, 4.69) is 30.6 Å². The first-order valence-electron chi connectivity index (χ1n) is 4.15. The number of hydrogen-bond acceptors (Lipinski definition) is 4.